The first-order chi connectivity index (χ1) is 25.8. The third kappa shape index (κ3) is 40.2. The summed E-state index contributed by atoms with van der Waals surface area (Å²) in [5.74, 6) is -0.827. The van der Waals surface area contributed by atoms with E-state index in [0.29, 0.717) is 6.42 Å². The largest absolute Gasteiger partial charge is 0.472 e. The van der Waals surface area contributed by atoms with Crippen LogP contribution in [-0.4, -0.2) is 49.3 Å². The number of hydrogen-bond donors (Lipinski definition) is 2. The van der Waals surface area contributed by atoms with Gasteiger partial charge in [-0.2, -0.15) is 0 Å². The van der Waals surface area contributed by atoms with E-state index in [1.165, 1.54) is 135 Å². The molecule has 3 N–H and O–H groups in total. The van der Waals surface area contributed by atoms with Crippen molar-refractivity contribution in [2.45, 2.75) is 225 Å². The van der Waals surface area contributed by atoms with Gasteiger partial charge in [-0.15, -0.1) is 0 Å². The molecule has 0 bridgehead atoms. The Morgan fingerprint density at radius 3 is 1.34 bits per heavy atom. The summed E-state index contributed by atoms with van der Waals surface area (Å²) in [7, 11) is -4.37. The summed E-state index contributed by atoms with van der Waals surface area (Å²) in [6.07, 6.45) is 40.9. The molecule has 0 aromatic heterocycles. The number of hydrogen-bond acceptors (Lipinski definition) is 8. The second-order valence-electron chi connectivity index (χ2n) is 14.9. The number of rotatable bonds is 42. The van der Waals surface area contributed by atoms with E-state index in [1.54, 1.807) is 0 Å². The molecular formula is C43H84NO8P. The number of phosphoric acid groups is 1. The molecule has 0 saturated heterocycles. The van der Waals surface area contributed by atoms with E-state index in [0.717, 1.165) is 51.4 Å². The van der Waals surface area contributed by atoms with Gasteiger partial charge in [0.2, 0.25) is 0 Å². The van der Waals surface area contributed by atoms with E-state index in [9.17, 15) is 19.0 Å². The van der Waals surface area contributed by atoms with Crippen molar-refractivity contribution in [2.75, 3.05) is 26.4 Å². The maximum atomic E-state index is 12.6. The smallest absolute Gasteiger partial charge is 0.462 e. The minimum absolute atomic E-state index is 0.0549. The summed E-state index contributed by atoms with van der Waals surface area (Å²) in [5.41, 5.74) is 5.35. The van der Waals surface area contributed by atoms with Crippen molar-refractivity contribution in [3.05, 3.63) is 12.2 Å². The van der Waals surface area contributed by atoms with Crippen LogP contribution >= 0.6 is 7.82 Å². The third-order valence-electron chi connectivity index (χ3n) is 9.65. The van der Waals surface area contributed by atoms with Crippen LogP contribution in [0.2, 0.25) is 0 Å². The number of phosphoric ester groups is 1. The topological polar surface area (TPSA) is 134 Å². The molecule has 0 spiro atoms. The Morgan fingerprint density at radius 2 is 0.925 bits per heavy atom. The summed E-state index contributed by atoms with van der Waals surface area (Å²) < 4.78 is 32.8. The van der Waals surface area contributed by atoms with Crippen LogP contribution < -0.4 is 5.73 Å². The highest BCUT2D eigenvalue weighted by atomic mass is 31.2. The van der Waals surface area contributed by atoms with Crippen molar-refractivity contribution in [3.63, 3.8) is 0 Å². The molecule has 314 valence electrons. The number of allylic oxidation sites excluding steroid dienone is 2. The molecular weight excluding hydrogens is 689 g/mol. The SMILES string of the molecule is CCCCCCCC/C=C\CCCCCCCC(=O)O[C@H](COC(=O)CCCCCCCCCCCCCCCCCCC)COP(=O)(O)OCCN. The highest BCUT2D eigenvalue weighted by Crippen LogP contribution is 2.43. The Bertz CT molecular complexity index is 886. The number of unbranched alkanes of at least 4 members (excludes halogenated alkanes) is 27. The van der Waals surface area contributed by atoms with Crippen LogP contribution in [0.4, 0.5) is 0 Å². The second kappa shape index (κ2) is 40.4. The number of carbonyl (C=O) groups is 2. The third-order valence-corrected chi connectivity index (χ3v) is 10.6. The van der Waals surface area contributed by atoms with Gasteiger partial charge >= 0.3 is 19.8 Å². The lowest BCUT2D eigenvalue weighted by Gasteiger charge is -2.19. The molecule has 0 amide bonds. The van der Waals surface area contributed by atoms with E-state index in [-0.39, 0.29) is 38.6 Å². The lowest BCUT2D eigenvalue weighted by Crippen LogP contribution is -2.29. The number of esters is 2. The fraction of sp³-hybridized carbons (Fsp3) is 0.907. The summed E-state index contributed by atoms with van der Waals surface area (Å²) >= 11 is 0. The molecule has 0 rings (SSSR count). The normalized spacial score (nSPS) is 13.4. The molecule has 2 atom stereocenters. The van der Waals surface area contributed by atoms with Gasteiger partial charge in [0.05, 0.1) is 13.2 Å². The zero-order valence-electron chi connectivity index (χ0n) is 34.5. The Hall–Kier alpha value is -1.25. The maximum Gasteiger partial charge on any atom is 0.472 e. The van der Waals surface area contributed by atoms with E-state index < -0.39 is 26.5 Å². The van der Waals surface area contributed by atoms with Crippen LogP contribution in [0.5, 0.6) is 0 Å². The zero-order valence-corrected chi connectivity index (χ0v) is 35.4. The van der Waals surface area contributed by atoms with E-state index in [2.05, 4.69) is 26.0 Å². The molecule has 0 aromatic rings. The minimum Gasteiger partial charge on any atom is -0.462 e. The molecule has 0 radical (unpaired) electrons. The average Bonchev–Trinajstić information content (AvgIpc) is 3.14. The maximum absolute atomic E-state index is 12.6. The molecule has 9 nitrogen and oxygen atoms in total. The highest BCUT2D eigenvalue weighted by Gasteiger charge is 2.26. The van der Waals surface area contributed by atoms with E-state index >= 15 is 0 Å². The standard InChI is InChI=1S/C43H84NO8P/c1-3-5-7-9-11-13-15-17-19-20-22-23-25-27-29-31-33-35-42(45)49-39-41(40-51-53(47,48)50-38-37-44)52-43(46)36-34-32-30-28-26-24-21-18-16-14-12-10-8-6-4-2/h18,21,41H,3-17,19-20,22-40,44H2,1-2H3,(H,47,48)/b21-18-/t41-/m1/s1. The van der Waals surface area contributed by atoms with Gasteiger partial charge in [-0.25, -0.2) is 4.57 Å². The quantitative estimate of drug-likeness (QED) is 0.0269. The number of nitrogens with two attached hydrogens (primary N) is 1. The Morgan fingerprint density at radius 1 is 0.547 bits per heavy atom. The van der Waals surface area contributed by atoms with Crippen LogP contribution in [0.3, 0.4) is 0 Å². The van der Waals surface area contributed by atoms with Gasteiger partial charge in [-0.05, 0) is 38.5 Å². The van der Waals surface area contributed by atoms with Crippen LogP contribution in [0.25, 0.3) is 0 Å². The molecule has 1 unspecified atom stereocenters. The molecule has 53 heavy (non-hydrogen) atoms. The zero-order chi connectivity index (χ0) is 38.9. The van der Waals surface area contributed by atoms with Gasteiger partial charge in [0.25, 0.3) is 0 Å². The molecule has 0 aliphatic heterocycles. The number of ether oxygens (including phenoxy) is 2. The van der Waals surface area contributed by atoms with Crippen molar-refractivity contribution in [2.24, 2.45) is 5.73 Å². The van der Waals surface area contributed by atoms with Crippen molar-refractivity contribution in [1.29, 1.82) is 0 Å². The Kier molecular flexibility index (Phi) is 39.5. The average molecular weight is 774 g/mol. The van der Waals surface area contributed by atoms with Crippen LogP contribution in [0, 0.1) is 0 Å². The molecule has 0 aromatic carbocycles. The molecule has 0 heterocycles. The number of carbonyl (C=O) groups excluding carboxylic acids is 2. The van der Waals surface area contributed by atoms with Crippen molar-refractivity contribution >= 4 is 19.8 Å². The van der Waals surface area contributed by atoms with Crippen molar-refractivity contribution < 1.29 is 37.6 Å². The highest BCUT2D eigenvalue weighted by molar-refractivity contribution is 7.47. The summed E-state index contributed by atoms with van der Waals surface area (Å²) in [5, 5.41) is 0. The van der Waals surface area contributed by atoms with Crippen LogP contribution in [0.15, 0.2) is 12.2 Å². The first kappa shape index (κ1) is 51.8. The first-order valence-electron chi connectivity index (χ1n) is 22.2. The Labute approximate surface area is 326 Å². The first-order valence-corrected chi connectivity index (χ1v) is 23.7. The molecule has 0 aliphatic carbocycles. The van der Waals surface area contributed by atoms with Gasteiger partial charge < -0.3 is 20.1 Å². The van der Waals surface area contributed by atoms with Crippen LogP contribution in [0.1, 0.15) is 219 Å². The fourth-order valence-electron chi connectivity index (χ4n) is 6.34. The predicted octanol–water partition coefficient (Wildman–Crippen LogP) is 12.6. The van der Waals surface area contributed by atoms with Gasteiger partial charge in [-0.3, -0.25) is 18.6 Å². The summed E-state index contributed by atoms with van der Waals surface area (Å²) in [6.45, 7) is 3.75. The van der Waals surface area contributed by atoms with Gasteiger partial charge in [0.15, 0.2) is 6.10 Å². The van der Waals surface area contributed by atoms with Crippen molar-refractivity contribution in [1.82, 2.24) is 0 Å². The molecule has 0 fully saturated rings. The van der Waals surface area contributed by atoms with Crippen molar-refractivity contribution in [3.8, 4) is 0 Å². The molecule has 10 heteroatoms. The second-order valence-corrected chi connectivity index (χ2v) is 16.4. The van der Waals surface area contributed by atoms with Gasteiger partial charge in [0.1, 0.15) is 6.61 Å². The summed E-state index contributed by atoms with van der Waals surface area (Å²) in [6, 6.07) is 0. The fourth-order valence-corrected chi connectivity index (χ4v) is 7.10. The van der Waals surface area contributed by atoms with E-state index in [1.807, 2.05) is 0 Å². The monoisotopic (exact) mass is 774 g/mol. The summed E-state index contributed by atoms with van der Waals surface area (Å²) in [4.78, 5) is 34.9. The van der Waals surface area contributed by atoms with Crippen LogP contribution in [-0.2, 0) is 32.7 Å². The Balaban J connectivity index is 4.11. The predicted molar refractivity (Wildman–Crippen MR) is 220 cm³/mol. The van der Waals surface area contributed by atoms with Gasteiger partial charge in [0, 0.05) is 19.4 Å². The molecule has 0 saturated carbocycles. The van der Waals surface area contributed by atoms with E-state index in [4.69, 9.17) is 24.3 Å². The lowest BCUT2D eigenvalue weighted by atomic mass is 10.0. The molecule has 0 aliphatic rings. The van der Waals surface area contributed by atoms with Gasteiger partial charge in [-0.1, -0.05) is 180 Å². The lowest BCUT2D eigenvalue weighted by molar-refractivity contribution is -0.161. The minimum atomic E-state index is -4.37.